The van der Waals surface area contributed by atoms with E-state index in [2.05, 4.69) is 12.1 Å². The van der Waals surface area contributed by atoms with E-state index in [1.165, 1.54) is 17.7 Å². The average Bonchev–Trinajstić information content (AvgIpc) is 2.33. The summed E-state index contributed by atoms with van der Waals surface area (Å²) in [7, 11) is 0. The maximum atomic E-state index is 12.6. The highest BCUT2D eigenvalue weighted by Crippen LogP contribution is 2.11. The molecule has 0 atom stereocenters. The molecule has 16 heavy (non-hydrogen) atoms. The molecular formula is C14H13FO. The van der Waals surface area contributed by atoms with E-state index in [-0.39, 0.29) is 5.82 Å². The van der Waals surface area contributed by atoms with Crippen molar-refractivity contribution < 1.29 is 9.13 Å². The molecule has 0 unspecified atom stereocenters. The Morgan fingerprint density at radius 3 is 2.25 bits per heavy atom. The lowest BCUT2D eigenvalue weighted by Crippen LogP contribution is -2.00. The Kier molecular flexibility index (Phi) is 3.54. The van der Waals surface area contributed by atoms with E-state index in [0.29, 0.717) is 12.4 Å². The van der Waals surface area contributed by atoms with Crippen molar-refractivity contribution in [1.29, 1.82) is 0 Å². The Balaban J connectivity index is 1.82. The minimum atomic E-state index is -0.240. The Bertz CT molecular complexity index is 422. The van der Waals surface area contributed by atoms with Crippen LogP contribution in [0.4, 0.5) is 4.39 Å². The molecule has 0 aromatic heterocycles. The first-order chi connectivity index (χ1) is 7.84. The van der Waals surface area contributed by atoms with Crippen LogP contribution in [0.5, 0.6) is 5.75 Å². The smallest absolute Gasteiger partial charge is 0.123 e. The fourth-order valence-electron chi connectivity index (χ4n) is 1.46. The van der Waals surface area contributed by atoms with Gasteiger partial charge in [-0.05, 0) is 29.8 Å². The van der Waals surface area contributed by atoms with Gasteiger partial charge in [0.15, 0.2) is 0 Å². The van der Waals surface area contributed by atoms with E-state index in [1.807, 2.05) is 18.2 Å². The van der Waals surface area contributed by atoms with Crippen LogP contribution in [0, 0.1) is 5.82 Å². The van der Waals surface area contributed by atoms with E-state index < -0.39 is 0 Å². The van der Waals surface area contributed by atoms with Crippen molar-refractivity contribution in [3.8, 4) is 5.75 Å². The molecule has 0 amide bonds. The van der Waals surface area contributed by atoms with E-state index in [4.69, 9.17) is 4.74 Å². The molecule has 0 heterocycles. The van der Waals surface area contributed by atoms with Crippen LogP contribution in [0.15, 0.2) is 54.6 Å². The molecule has 0 saturated carbocycles. The second-order valence-electron chi connectivity index (χ2n) is 3.54. The van der Waals surface area contributed by atoms with Gasteiger partial charge in [-0.3, -0.25) is 0 Å². The van der Waals surface area contributed by atoms with Crippen molar-refractivity contribution >= 4 is 0 Å². The standard InChI is InChI=1S/C14H13FO/c15-13-6-8-14(9-7-13)16-11-10-12-4-2-1-3-5-12/h1-9H,10-11H2. The number of hydrogen-bond donors (Lipinski definition) is 0. The predicted molar refractivity (Wildman–Crippen MR) is 62.0 cm³/mol. The van der Waals surface area contributed by atoms with E-state index in [9.17, 15) is 4.39 Å². The summed E-state index contributed by atoms with van der Waals surface area (Å²) >= 11 is 0. The number of benzene rings is 2. The number of halogens is 1. The molecule has 2 heteroatoms. The van der Waals surface area contributed by atoms with E-state index in [1.54, 1.807) is 12.1 Å². The zero-order valence-corrected chi connectivity index (χ0v) is 8.90. The van der Waals surface area contributed by atoms with Gasteiger partial charge in [-0.25, -0.2) is 4.39 Å². The summed E-state index contributed by atoms with van der Waals surface area (Å²) < 4.78 is 18.1. The van der Waals surface area contributed by atoms with Gasteiger partial charge in [0.05, 0.1) is 6.61 Å². The van der Waals surface area contributed by atoms with E-state index in [0.717, 1.165) is 6.42 Å². The van der Waals surface area contributed by atoms with Crippen molar-refractivity contribution in [1.82, 2.24) is 0 Å². The summed E-state index contributed by atoms with van der Waals surface area (Å²) in [6.07, 6.45) is 0.859. The lowest BCUT2D eigenvalue weighted by atomic mass is 10.2. The maximum Gasteiger partial charge on any atom is 0.123 e. The van der Waals surface area contributed by atoms with Crippen LogP contribution in [0.25, 0.3) is 0 Å². The van der Waals surface area contributed by atoms with Gasteiger partial charge in [0.2, 0.25) is 0 Å². The van der Waals surface area contributed by atoms with Crippen molar-refractivity contribution in [2.75, 3.05) is 6.61 Å². The topological polar surface area (TPSA) is 9.23 Å². The molecule has 0 fully saturated rings. The van der Waals surface area contributed by atoms with Crippen LogP contribution in [0.2, 0.25) is 0 Å². The first-order valence-electron chi connectivity index (χ1n) is 5.27. The number of hydrogen-bond acceptors (Lipinski definition) is 1. The van der Waals surface area contributed by atoms with Gasteiger partial charge in [-0.15, -0.1) is 0 Å². The highest BCUT2D eigenvalue weighted by molar-refractivity contribution is 5.22. The third-order valence-corrected chi connectivity index (χ3v) is 2.32. The molecule has 0 aliphatic carbocycles. The minimum absolute atomic E-state index is 0.240. The molecule has 0 aliphatic heterocycles. The summed E-state index contributed by atoms with van der Waals surface area (Å²) in [5, 5.41) is 0. The van der Waals surface area contributed by atoms with Gasteiger partial charge < -0.3 is 4.74 Å². The molecule has 2 aromatic carbocycles. The molecule has 1 nitrogen and oxygen atoms in total. The highest BCUT2D eigenvalue weighted by atomic mass is 19.1. The van der Waals surface area contributed by atoms with Crippen LogP contribution in [-0.4, -0.2) is 6.61 Å². The Morgan fingerprint density at radius 2 is 1.56 bits per heavy atom. The van der Waals surface area contributed by atoms with Gasteiger partial charge in [0.25, 0.3) is 0 Å². The predicted octanol–water partition coefficient (Wildman–Crippen LogP) is 3.45. The summed E-state index contributed by atoms with van der Waals surface area (Å²) in [4.78, 5) is 0. The molecule has 0 spiro atoms. The Labute approximate surface area is 94.5 Å². The molecule has 2 rings (SSSR count). The fraction of sp³-hybridized carbons (Fsp3) is 0.143. The van der Waals surface area contributed by atoms with Gasteiger partial charge in [0.1, 0.15) is 11.6 Å². The maximum absolute atomic E-state index is 12.6. The normalized spacial score (nSPS) is 10.1. The zero-order chi connectivity index (χ0) is 11.2. The minimum Gasteiger partial charge on any atom is -0.493 e. The van der Waals surface area contributed by atoms with Crippen molar-refractivity contribution in [3.63, 3.8) is 0 Å². The SMILES string of the molecule is Fc1ccc(OCCc2ccccc2)cc1. The van der Waals surface area contributed by atoms with Crippen molar-refractivity contribution in [2.24, 2.45) is 0 Å². The quantitative estimate of drug-likeness (QED) is 0.760. The molecule has 0 radical (unpaired) electrons. The van der Waals surface area contributed by atoms with Crippen LogP contribution >= 0.6 is 0 Å². The van der Waals surface area contributed by atoms with Gasteiger partial charge in [-0.1, -0.05) is 30.3 Å². The average molecular weight is 216 g/mol. The van der Waals surface area contributed by atoms with Gasteiger partial charge in [0, 0.05) is 6.42 Å². The lowest BCUT2D eigenvalue weighted by molar-refractivity contribution is 0.321. The number of ether oxygens (including phenoxy) is 1. The van der Waals surface area contributed by atoms with E-state index >= 15 is 0 Å². The summed E-state index contributed by atoms with van der Waals surface area (Å²) in [5.41, 5.74) is 1.24. The molecule has 82 valence electrons. The highest BCUT2D eigenvalue weighted by Gasteiger charge is 1.95. The summed E-state index contributed by atoms with van der Waals surface area (Å²) in [5.74, 6) is 0.466. The molecule has 0 N–H and O–H groups in total. The van der Waals surface area contributed by atoms with Gasteiger partial charge in [-0.2, -0.15) is 0 Å². The fourth-order valence-corrected chi connectivity index (χ4v) is 1.46. The molecule has 0 bridgehead atoms. The summed E-state index contributed by atoms with van der Waals surface area (Å²) in [6, 6.07) is 16.2. The monoisotopic (exact) mass is 216 g/mol. The first kappa shape index (κ1) is 10.7. The zero-order valence-electron chi connectivity index (χ0n) is 8.90. The third kappa shape index (κ3) is 3.09. The lowest BCUT2D eigenvalue weighted by Gasteiger charge is -2.05. The van der Waals surface area contributed by atoms with Crippen LogP contribution in [-0.2, 0) is 6.42 Å². The van der Waals surface area contributed by atoms with Crippen molar-refractivity contribution in [2.45, 2.75) is 6.42 Å². The second-order valence-corrected chi connectivity index (χ2v) is 3.54. The molecule has 0 saturated heterocycles. The molecular weight excluding hydrogens is 203 g/mol. The summed E-state index contributed by atoms with van der Waals surface area (Å²) in [6.45, 7) is 0.607. The third-order valence-electron chi connectivity index (χ3n) is 2.32. The van der Waals surface area contributed by atoms with Crippen LogP contribution < -0.4 is 4.74 Å². The Morgan fingerprint density at radius 1 is 0.875 bits per heavy atom. The van der Waals surface area contributed by atoms with Crippen LogP contribution in [0.3, 0.4) is 0 Å². The molecule has 0 aliphatic rings. The first-order valence-corrected chi connectivity index (χ1v) is 5.27. The Hall–Kier alpha value is -1.83. The van der Waals surface area contributed by atoms with Crippen LogP contribution in [0.1, 0.15) is 5.56 Å². The van der Waals surface area contributed by atoms with Crippen molar-refractivity contribution in [3.05, 3.63) is 66.0 Å². The molecule has 2 aromatic rings. The largest absolute Gasteiger partial charge is 0.493 e. The number of rotatable bonds is 4. The van der Waals surface area contributed by atoms with Gasteiger partial charge >= 0.3 is 0 Å². The second kappa shape index (κ2) is 5.31.